The molecule has 0 aromatic heterocycles. The summed E-state index contributed by atoms with van der Waals surface area (Å²) in [5.74, 6) is 0.429. The van der Waals surface area contributed by atoms with E-state index in [2.05, 4.69) is 17.1 Å². The van der Waals surface area contributed by atoms with Gasteiger partial charge in [0.05, 0.1) is 11.7 Å². The molecule has 0 aromatic rings. The van der Waals surface area contributed by atoms with E-state index in [4.69, 9.17) is 0 Å². The third kappa shape index (κ3) is 1.70. The molecular formula is C14H24N2O. The molecule has 1 saturated heterocycles. The molecule has 1 N–H and O–H groups in total. The van der Waals surface area contributed by atoms with Crippen LogP contribution in [0, 0.1) is 0 Å². The first-order valence-electron chi connectivity index (χ1n) is 7.37. The molecule has 17 heavy (non-hydrogen) atoms. The lowest BCUT2D eigenvalue weighted by Gasteiger charge is -2.38. The Kier molecular flexibility index (Phi) is 2.89. The Morgan fingerprint density at radius 2 is 2.00 bits per heavy atom. The zero-order valence-electron chi connectivity index (χ0n) is 10.9. The molecular weight excluding hydrogens is 212 g/mol. The van der Waals surface area contributed by atoms with E-state index in [1.54, 1.807) is 0 Å². The highest BCUT2D eigenvalue weighted by molar-refractivity contribution is 5.89. The van der Waals surface area contributed by atoms with Gasteiger partial charge in [0.1, 0.15) is 0 Å². The molecule has 2 saturated carbocycles. The van der Waals surface area contributed by atoms with Crippen molar-refractivity contribution in [1.29, 1.82) is 0 Å². The van der Waals surface area contributed by atoms with Gasteiger partial charge in [0.2, 0.25) is 5.91 Å². The van der Waals surface area contributed by atoms with Crippen molar-refractivity contribution in [3.63, 3.8) is 0 Å². The van der Waals surface area contributed by atoms with Gasteiger partial charge in [0.25, 0.3) is 0 Å². The van der Waals surface area contributed by atoms with Gasteiger partial charge in [-0.2, -0.15) is 0 Å². The van der Waals surface area contributed by atoms with E-state index >= 15 is 0 Å². The molecule has 1 amide bonds. The lowest BCUT2D eigenvalue weighted by molar-refractivity contribution is -0.137. The van der Waals surface area contributed by atoms with E-state index in [1.807, 2.05) is 0 Å². The summed E-state index contributed by atoms with van der Waals surface area (Å²) in [4.78, 5) is 14.9. The van der Waals surface area contributed by atoms with Crippen molar-refractivity contribution >= 4 is 5.91 Å². The summed E-state index contributed by atoms with van der Waals surface area (Å²) in [5.41, 5.74) is -0.157. The van der Waals surface area contributed by atoms with Crippen LogP contribution in [0.3, 0.4) is 0 Å². The molecule has 0 radical (unpaired) electrons. The second-order valence-electron chi connectivity index (χ2n) is 6.04. The number of nitrogens with zero attached hydrogens (tertiary/aromatic N) is 1. The molecule has 96 valence electrons. The standard InChI is InChI=1S/C14H24N2O/c1-2-6-12-15-14(9-3-4-10-14)13(17)16(12)11-7-5-8-11/h11-12,15H,2-10H2,1H3. The molecule has 1 aliphatic heterocycles. The van der Waals surface area contributed by atoms with Gasteiger partial charge >= 0.3 is 0 Å². The summed E-state index contributed by atoms with van der Waals surface area (Å²) in [6.45, 7) is 2.21. The van der Waals surface area contributed by atoms with Crippen molar-refractivity contribution in [2.45, 2.75) is 82.5 Å². The molecule has 1 heterocycles. The SMILES string of the molecule is CCCC1NC2(CCCC2)C(=O)N1C1CCC1. The van der Waals surface area contributed by atoms with Crippen molar-refractivity contribution in [2.24, 2.45) is 0 Å². The smallest absolute Gasteiger partial charge is 0.244 e. The van der Waals surface area contributed by atoms with Gasteiger partial charge in [-0.05, 0) is 38.5 Å². The van der Waals surface area contributed by atoms with Crippen LogP contribution in [0.15, 0.2) is 0 Å². The van der Waals surface area contributed by atoms with Crippen LogP contribution in [0.5, 0.6) is 0 Å². The van der Waals surface area contributed by atoms with E-state index in [9.17, 15) is 4.79 Å². The highest BCUT2D eigenvalue weighted by Crippen LogP contribution is 2.40. The molecule has 3 aliphatic rings. The second kappa shape index (κ2) is 4.27. The first-order valence-corrected chi connectivity index (χ1v) is 7.37. The molecule has 1 atom stereocenters. The van der Waals surface area contributed by atoms with Crippen LogP contribution < -0.4 is 5.32 Å². The van der Waals surface area contributed by atoms with Gasteiger partial charge in [-0.3, -0.25) is 10.1 Å². The van der Waals surface area contributed by atoms with Gasteiger partial charge in [-0.1, -0.05) is 26.2 Å². The highest BCUT2D eigenvalue weighted by Gasteiger charge is 2.54. The van der Waals surface area contributed by atoms with E-state index in [1.165, 1.54) is 32.1 Å². The zero-order chi connectivity index (χ0) is 11.9. The average Bonchev–Trinajstić information content (AvgIpc) is 2.79. The van der Waals surface area contributed by atoms with Gasteiger partial charge < -0.3 is 4.90 Å². The van der Waals surface area contributed by atoms with E-state index in [0.29, 0.717) is 18.1 Å². The fourth-order valence-corrected chi connectivity index (χ4v) is 3.75. The average molecular weight is 236 g/mol. The van der Waals surface area contributed by atoms with Crippen molar-refractivity contribution in [3.05, 3.63) is 0 Å². The number of nitrogens with one attached hydrogen (secondary N) is 1. The fraction of sp³-hybridized carbons (Fsp3) is 0.929. The first kappa shape index (κ1) is 11.5. The largest absolute Gasteiger partial charge is 0.323 e. The van der Waals surface area contributed by atoms with Crippen LogP contribution in [-0.4, -0.2) is 28.6 Å². The number of amides is 1. The number of carbonyl (C=O) groups excluding carboxylic acids is 1. The lowest BCUT2D eigenvalue weighted by Crippen LogP contribution is -2.48. The van der Waals surface area contributed by atoms with Crippen LogP contribution >= 0.6 is 0 Å². The number of hydrogen-bond donors (Lipinski definition) is 1. The summed E-state index contributed by atoms with van der Waals surface area (Å²) in [6, 6.07) is 0.548. The second-order valence-corrected chi connectivity index (χ2v) is 6.04. The summed E-state index contributed by atoms with van der Waals surface area (Å²) < 4.78 is 0. The molecule has 3 heteroatoms. The van der Waals surface area contributed by atoms with Crippen LogP contribution in [-0.2, 0) is 4.79 Å². The van der Waals surface area contributed by atoms with Gasteiger partial charge in [0, 0.05) is 6.04 Å². The molecule has 3 nitrogen and oxygen atoms in total. The summed E-state index contributed by atoms with van der Waals surface area (Å²) in [5, 5.41) is 3.69. The molecule has 0 aromatic carbocycles. The van der Waals surface area contributed by atoms with E-state index < -0.39 is 0 Å². The van der Waals surface area contributed by atoms with E-state index in [-0.39, 0.29) is 5.54 Å². The third-order valence-electron chi connectivity index (χ3n) is 4.91. The predicted molar refractivity (Wildman–Crippen MR) is 67.5 cm³/mol. The summed E-state index contributed by atoms with van der Waals surface area (Å²) in [6.07, 6.45) is 10.9. The fourth-order valence-electron chi connectivity index (χ4n) is 3.75. The Hall–Kier alpha value is -0.570. The molecule has 3 fully saturated rings. The van der Waals surface area contributed by atoms with Crippen molar-refractivity contribution in [3.8, 4) is 0 Å². The van der Waals surface area contributed by atoms with E-state index in [0.717, 1.165) is 25.7 Å². The highest BCUT2D eigenvalue weighted by atomic mass is 16.2. The van der Waals surface area contributed by atoms with Crippen LogP contribution in [0.4, 0.5) is 0 Å². The van der Waals surface area contributed by atoms with Crippen LogP contribution in [0.1, 0.15) is 64.7 Å². The molecule has 2 aliphatic carbocycles. The van der Waals surface area contributed by atoms with Crippen LogP contribution in [0.2, 0.25) is 0 Å². The summed E-state index contributed by atoms with van der Waals surface area (Å²) >= 11 is 0. The minimum Gasteiger partial charge on any atom is -0.323 e. The normalized spacial score (nSPS) is 32.4. The first-order chi connectivity index (χ1) is 8.27. The zero-order valence-corrected chi connectivity index (χ0v) is 10.9. The minimum atomic E-state index is -0.157. The maximum absolute atomic E-state index is 12.7. The van der Waals surface area contributed by atoms with Gasteiger partial charge in [-0.15, -0.1) is 0 Å². The van der Waals surface area contributed by atoms with Crippen molar-refractivity contribution in [1.82, 2.24) is 10.2 Å². The Balaban J connectivity index is 1.81. The quantitative estimate of drug-likeness (QED) is 0.816. The Labute approximate surface area is 104 Å². The number of carbonyl (C=O) groups is 1. The third-order valence-corrected chi connectivity index (χ3v) is 4.91. The van der Waals surface area contributed by atoms with Crippen molar-refractivity contribution in [2.75, 3.05) is 0 Å². The Bertz CT molecular complexity index is 305. The summed E-state index contributed by atoms with van der Waals surface area (Å²) in [7, 11) is 0. The van der Waals surface area contributed by atoms with Crippen molar-refractivity contribution < 1.29 is 4.79 Å². The lowest BCUT2D eigenvalue weighted by atomic mass is 9.89. The Morgan fingerprint density at radius 1 is 1.29 bits per heavy atom. The number of rotatable bonds is 3. The van der Waals surface area contributed by atoms with Gasteiger partial charge in [0.15, 0.2) is 0 Å². The molecule has 0 bridgehead atoms. The number of hydrogen-bond acceptors (Lipinski definition) is 2. The Morgan fingerprint density at radius 3 is 2.53 bits per heavy atom. The molecule has 3 rings (SSSR count). The topological polar surface area (TPSA) is 32.3 Å². The maximum Gasteiger partial charge on any atom is 0.244 e. The van der Waals surface area contributed by atoms with Crippen LogP contribution in [0.25, 0.3) is 0 Å². The monoisotopic (exact) mass is 236 g/mol. The minimum absolute atomic E-state index is 0.157. The van der Waals surface area contributed by atoms with Gasteiger partial charge in [-0.25, -0.2) is 0 Å². The predicted octanol–water partition coefficient (Wildman–Crippen LogP) is 2.41. The molecule has 1 unspecified atom stereocenters. The molecule has 1 spiro atoms. The maximum atomic E-state index is 12.7.